The van der Waals surface area contributed by atoms with Crippen LogP contribution in [-0.4, -0.2) is 51.8 Å². The highest BCUT2D eigenvalue weighted by atomic mass is 16.6. The molecule has 5 heteroatoms. The Morgan fingerprint density at radius 1 is 1.23 bits per heavy atom. The number of hydrogen-bond donors (Lipinski definition) is 1. The Kier molecular flexibility index (Phi) is 6.07. The molecule has 2 unspecified atom stereocenters. The zero-order valence-corrected chi connectivity index (χ0v) is 16.7. The lowest BCUT2D eigenvalue weighted by molar-refractivity contribution is 0.200. The van der Waals surface area contributed by atoms with Gasteiger partial charge in [-0.1, -0.05) is 26.2 Å². The number of piperidine rings is 1. The van der Waals surface area contributed by atoms with Crippen LogP contribution in [0.2, 0.25) is 0 Å². The number of unbranched alkanes of at least 4 members (excludes halogenated alkanes) is 3. The summed E-state index contributed by atoms with van der Waals surface area (Å²) in [6, 6.07) is 4.12. The highest BCUT2D eigenvalue weighted by Gasteiger charge is 2.39. The molecular formula is C21H33N3O2. The molecule has 0 saturated carbocycles. The number of rotatable bonds is 7. The van der Waals surface area contributed by atoms with Crippen LogP contribution in [0.1, 0.15) is 62.0 Å². The van der Waals surface area contributed by atoms with E-state index >= 15 is 0 Å². The zero-order valence-electron chi connectivity index (χ0n) is 16.7. The van der Waals surface area contributed by atoms with Crippen LogP contribution in [0.25, 0.3) is 0 Å². The van der Waals surface area contributed by atoms with E-state index in [1.54, 1.807) is 0 Å². The fourth-order valence-electron chi connectivity index (χ4n) is 4.48. The lowest BCUT2D eigenvalue weighted by atomic mass is 9.96. The van der Waals surface area contributed by atoms with Crippen LogP contribution in [0.4, 0.5) is 10.5 Å². The van der Waals surface area contributed by atoms with Crippen molar-refractivity contribution >= 4 is 11.8 Å². The number of carbonyl (C=O) groups excluding carboxylic acids is 1. The largest absolute Gasteiger partial charge is 0.412 e. The molecule has 1 heterocycles. The van der Waals surface area contributed by atoms with Crippen molar-refractivity contribution in [2.45, 2.75) is 50.9 Å². The third-order valence-corrected chi connectivity index (χ3v) is 5.64. The number of hydrogen-bond acceptors (Lipinski definition) is 4. The van der Waals surface area contributed by atoms with E-state index in [1.165, 1.54) is 36.1 Å². The van der Waals surface area contributed by atoms with Gasteiger partial charge < -0.3 is 19.9 Å². The van der Waals surface area contributed by atoms with Crippen molar-refractivity contribution in [2.24, 2.45) is 0 Å². The van der Waals surface area contributed by atoms with Gasteiger partial charge in [-0.05, 0) is 48.9 Å². The molecule has 0 aromatic heterocycles. The van der Waals surface area contributed by atoms with Gasteiger partial charge in [-0.25, -0.2) is 4.79 Å². The Bertz CT molecular complexity index is 644. The number of ether oxygens (including phenoxy) is 1. The normalized spacial score (nSPS) is 21.4. The molecule has 0 spiro atoms. The quantitative estimate of drug-likeness (QED) is 0.749. The van der Waals surface area contributed by atoms with Gasteiger partial charge >= 0.3 is 6.09 Å². The van der Waals surface area contributed by atoms with E-state index in [-0.39, 0.29) is 6.09 Å². The van der Waals surface area contributed by atoms with Gasteiger partial charge in [-0.2, -0.15) is 0 Å². The minimum absolute atomic E-state index is 0.343. The smallest absolute Gasteiger partial charge is 0.410 e. The van der Waals surface area contributed by atoms with Gasteiger partial charge in [0.2, 0.25) is 0 Å². The lowest BCUT2D eigenvalue weighted by Crippen LogP contribution is -2.31. The van der Waals surface area contributed by atoms with Crippen LogP contribution in [-0.2, 0) is 0 Å². The molecule has 0 radical (unpaired) electrons. The topological polar surface area (TPSA) is 44.8 Å². The number of carbonyl (C=O) groups is 1. The van der Waals surface area contributed by atoms with Crippen LogP contribution in [0.15, 0.2) is 12.1 Å². The maximum Gasteiger partial charge on any atom is 0.412 e. The molecule has 2 bridgehead atoms. The van der Waals surface area contributed by atoms with E-state index in [9.17, 15) is 4.79 Å². The predicted octanol–water partition coefficient (Wildman–Crippen LogP) is 3.94. The summed E-state index contributed by atoms with van der Waals surface area (Å²) in [7, 11) is 6.34. The van der Waals surface area contributed by atoms with Crippen molar-refractivity contribution < 1.29 is 9.53 Å². The fraction of sp³-hybridized carbons (Fsp3) is 0.667. The van der Waals surface area contributed by atoms with Gasteiger partial charge in [0.1, 0.15) is 5.75 Å². The van der Waals surface area contributed by atoms with Gasteiger partial charge in [0.05, 0.1) is 0 Å². The molecule has 1 amide bonds. The Hall–Kier alpha value is -1.75. The van der Waals surface area contributed by atoms with Crippen LogP contribution >= 0.6 is 0 Å². The molecule has 5 nitrogen and oxygen atoms in total. The van der Waals surface area contributed by atoms with Crippen molar-refractivity contribution in [3.8, 4) is 5.75 Å². The number of anilines is 1. The monoisotopic (exact) mass is 359 g/mol. The van der Waals surface area contributed by atoms with Gasteiger partial charge in [0.15, 0.2) is 0 Å². The average Bonchev–Trinajstić information content (AvgIpc) is 2.85. The standard InChI is InChI=1S/C21H33N3O2/c1-5-6-7-8-9-22-21(25)26-17-11-18-15-10-16(14-24(4)13-15)20(18)19(12-17)23(2)3/h11-12,15-16H,5-10,13-14H2,1-4H3,(H,22,25). The average molecular weight is 360 g/mol. The molecule has 1 fully saturated rings. The molecule has 1 N–H and O–H groups in total. The molecule has 1 saturated heterocycles. The predicted molar refractivity (Wildman–Crippen MR) is 107 cm³/mol. The zero-order chi connectivity index (χ0) is 18.7. The Morgan fingerprint density at radius 2 is 2.00 bits per heavy atom. The number of nitrogens with one attached hydrogen (secondary N) is 1. The minimum atomic E-state index is -0.343. The molecule has 1 aromatic rings. The van der Waals surface area contributed by atoms with Crippen molar-refractivity contribution in [3.63, 3.8) is 0 Å². The van der Waals surface area contributed by atoms with Crippen LogP contribution < -0.4 is 15.0 Å². The molecule has 2 atom stereocenters. The van der Waals surface area contributed by atoms with Crippen molar-refractivity contribution in [1.29, 1.82) is 0 Å². The summed E-state index contributed by atoms with van der Waals surface area (Å²) in [6.07, 6.45) is 5.44. The molecule has 144 valence electrons. The molecule has 2 aliphatic rings. The SMILES string of the molecule is CCCCCCNC(=O)Oc1cc2c(c(N(C)C)c1)C1CC2CN(C)C1. The van der Waals surface area contributed by atoms with Gasteiger partial charge in [-0.3, -0.25) is 0 Å². The third-order valence-electron chi connectivity index (χ3n) is 5.64. The van der Waals surface area contributed by atoms with Gasteiger partial charge in [0, 0.05) is 45.5 Å². The van der Waals surface area contributed by atoms with Crippen LogP contribution in [0, 0.1) is 0 Å². The molecule has 1 aliphatic heterocycles. The van der Waals surface area contributed by atoms with Gasteiger partial charge in [-0.15, -0.1) is 0 Å². The first kappa shape index (κ1) is 19.0. The van der Waals surface area contributed by atoms with Crippen LogP contribution in [0.3, 0.4) is 0 Å². The van der Waals surface area contributed by atoms with Crippen LogP contribution in [0.5, 0.6) is 5.75 Å². The van der Waals surface area contributed by atoms with Gasteiger partial charge in [0.25, 0.3) is 0 Å². The minimum Gasteiger partial charge on any atom is -0.410 e. The number of likely N-dealkylation sites (tertiary alicyclic amines) is 1. The van der Waals surface area contributed by atoms with E-state index < -0.39 is 0 Å². The second kappa shape index (κ2) is 8.30. The first-order valence-electron chi connectivity index (χ1n) is 9.99. The summed E-state index contributed by atoms with van der Waals surface area (Å²) in [5.74, 6) is 1.80. The first-order chi connectivity index (χ1) is 12.5. The van der Waals surface area contributed by atoms with Crippen molar-refractivity contribution in [2.75, 3.05) is 45.7 Å². The molecular weight excluding hydrogens is 326 g/mol. The summed E-state index contributed by atoms with van der Waals surface area (Å²) in [4.78, 5) is 16.7. The van der Waals surface area contributed by atoms with E-state index in [0.717, 1.165) is 25.9 Å². The second-order valence-electron chi connectivity index (χ2n) is 8.07. The maximum atomic E-state index is 12.2. The summed E-state index contributed by atoms with van der Waals surface area (Å²) in [5.41, 5.74) is 4.02. The summed E-state index contributed by atoms with van der Waals surface area (Å²) < 4.78 is 5.62. The Balaban J connectivity index is 1.71. The number of benzene rings is 1. The first-order valence-corrected chi connectivity index (χ1v) is 9.99. The fourth-order valence-corrected chi connectivity index (χ4v) is 4.48. The summed E-state index contributed by atoms with van der Waals surface area (Å²) in [5, 5.41) is 2.88. The Labute approximate surface area is 157 Å². The van der Waals surface area contributed by atoms with Crippen molar-refractivity contribution in [3.05, 3.63) is 23.3 Å². The number of likely N-dealkylation sites (N-methyl/N-ethyl adjacent to an activating group) is 1. The maximum absolute atomic E-state index is 12.2. The molecule has 26 heavy (non-hydrogen) atoms. The molecule has 1 aromatic carbocycles. The lowest BCUT2D eigenvalue weighted by Gasteiger charge is -2.29. The highest BCUT2D eigenvalue weighted by molar-refractivity contribution is 5.72. The number of fused-ring (bicyclic) bond motifs is 5. The number of amides is 1. The highest BCUT2D eigenvalue weighted by Crippen LogP contribution is 2.50. The molecule has 1 aliphatic carbocycles. The molecule has 3 rings (SSSR count). The van der Waals surface area contributed by atoms with E-state index in [1.807, 2.05) is 6.07 Å². The summed E-state index contributed by atoms with van der Waals surface area (Å²) >= 11 is 0. The second-order valence-corrected chi connectivity index (χ2v) is 8.07. The summed E-state index contributed by atoms with van der Waals surface area (Å²) in [6.45, 7) is 5.07. The number of nitrogens with zero attached hydrogens (tertiary/aromatic N) is 2. The van der Waals surface area contributed by atoms with E-state index in [0.29, 0.717) is 24.1 Å². The Morgan fingerprint density at radius 3 is 2.73 bits per heavy atom. The third kappa shape index (κ3) is 4.14. The van der Waals surface area contributed by atoms with E-state index in [2.05, 4.69) is 49.2 Å². The van der Waals surface area contributed by atoms with Crippen molar-refractivity contribution in [1.82, 2.24) is 10.2 Å². The van der Waals surface area contributed by atoms with E-state index in [4.69, 9.17) is 4.74 Å².